The minimum atomic E-state index is 0.0111. The van der Waals surface area contributed by atoms with Gasteiger partial charge in [0.25, 0.3) is 0 Å². The number of carbonyl (C=O) groups excluding carboxylic acids is 1. The first-order valence-corrected chi connectivity index (χ1v) is 9.11. The molecular formula is C19H20N4O2S. The highest BCUT2D eigenvalue weighted by Crippen LogP contribution is 2.20. The van der Waals surface area contributed by atoms with Gasteiger partial charge in [0.2, 0.25) is 11.1 Å². The van der Waals surface area contributed by atoms with Gasteiger partial charge in [0.15, 0.2) is 0 Å². The third-order valence-electron chi connectivity index (χ3n) is 3.84. The number of nitrogens with zero attached hydrogens (tertiary/aromatic N) is 4. The number of thioether (sulfide) groups is 1. The van der Waals surface area contributed by atoms with Crippen LogP contribution in [-0.4, -0.2) is 45.5 Å². The average molecular weight is 368 g/mol. The van der Waals surface area contributed by atoms with Crippen molar-refractivity contribution in [3.05, 3.63) is 66.5 Å². The second-order valence-corrected chi connectivity index (χ2v) is 6.60. The van der Waals surface area contributed by atoms with Gasteiger partial charge in [-0.1, -0.05) is 48.2 Å². The van der Waals surface area contributed by atoms with Crippen LogP contribution in [0.1, 0.15) is 5.56 Å². The topological polar surface area (TPSA) is 60.2 Å². The van der Waals surface area contributed by atoms with Crippen LogP contribution in [0.3, 0.4) is 0 Å². The fourth-order valence-corrected chi connectivity index (χ4v) is 3.17. The zero-order chi connectivity index (χ0) is 18.4. The summed E-state index contributed by atoms with van der Waals surface area (Å²) in [6.07, 6.45) is 1.65. The number of aromatic nitrogens is 3. The van der Waals surface area contributed by atoms with E-state index in [-0.39, 0.29) is 11.7 Å². The Balaban J connectivity index is 1.56. The minimum absolute atomic E-state index is 0.0111. The van der Waals surface area contributed by atoms with Crippen LogP contribution in [-0.2, 0) is 11.3 Å². The Morgan fingerprint density at radius 2 is 1.88 bits per heavy atom. The molecule has 6 nitrogen and oxygen atoms in total. The summed E-state index contributed by atoms with van der Waals surface area (Å²) < 4.78 is 7.03. The summed E-state index contributed by atoms with van der Waals surface area (Å²) in [6.45, 7) is 0.495. The van der Waals surface area contributed by atoms with Crippen LogP contribution in [0.5, 0.6) is 5.75 Å². The first-order chi connectivity index (χ1) is 12.7. The van der Waals surface area contributed by atoms with Gasteiger partial charge in [-0.2, -0.15) is 0 Å². The SMILES string of the molecule is COc1ccccc1CN(C)C(=O)CSc1ncn(-c2ccccc2)n1. The van der Waals surface area contributed by atoms with Crippen molar-refractivity contribution in [3.8, 4) is 11.4 Å². The standard InChI is InChI=1S/C19H20N4O2S/c1-22(12-15-8-6-7-11-17(15)25-2)18(24)13-26-19-20-14-23(21-19)16-9-4-3-5-10-16/h3-11,14H,12-13H2,1-2H3. The predicted molar refractivity (Wildman–Crippen MR) is 102 cm³/mol. The van der Waals surface area contributed by atoms with Gasteiger partial charge >= 0.3 is 0 Å². The lowest BCUT2D eigenvalue weighted by atomic mass is 10.2. The Morgan fingerprint density at radius 3 is 2.65 bits per heavy atom. The molecule has 3 rings (SSSR count). The first-order valence-electron chi connectivity index (χ1n) is 8.13. The zero-order valence-electron chi connectivity index (χ0n) is 14.7. The summed E-state index contributed by atoms with van der Waals surface area (Å²) in [5.41, 5.74) is 1.91. The molecule has 0 spiro atoms. The molecule has 0 fully saturated rings. The second-order valence-electron chi connectivity index (χ2n) is 5.66. The molecule has 26 heavy (non-hydrogen) atoms. The summed E-state index contributed by atoms with van der Waals surface area (Å²) in [4.78, 5) is 18.3. The molecule has 0 aliphatic heterocycles. The lowest BCUT2D eigenvalue weighted by molar-refractivity contribution is -0.127. The van der Waals surface area contributed by atoms with Crippen molar-refractivity contribution in [2.75, 3.05) is 19.9 Å². The highest BCUT2D eigenvalue weighted by atomic mass is 32.2. The molecule has 0 saturated heterocycles. The smallest absolute Gasteiger partial charge is 0.233 e. The molecule has 134 valence electrons. The summed E-state index contributed by atoms with van der Waals surface area (Å²) in [5, 5.41) is 4.98. The number of methoxy groups -OCH3 is 1. The summed E-state index contributed by atoms with van der Waals surface area (Å²) in [7, 11) is 3.41. The Kier molecular flexibility index (Phi) is 5.91. The van der Waals surface area contributed by atoms with E-state index < -0.39 is 0 Å². The van der Waals surface area contributed by atoms with E-state index in [2.05, 4.69) is 10.1 Å². The zero-order valence-corrected chi connectivity index (χ0v) is 15.5. The van der Waals surface area contributed by atoms with E-state index in [1.807, 2.05) is 54.6 Å². The van der Waals surface area contributed by atoms with E-state index in [1.165, 1.54) is 11.8 Å². The van der Waals surface area contributed by atoms with Crippen molar-refractivity contribution in [2.45, 2.75) is 11.7 Å². The quantitative estimate of drug-likeness (QED) is 0.600. The van der Waals surface area contributed by atoms with Crippen molar-refractivity contribution >= 4 is 17.7 Å². The van der Waals surface area contributed by atoms with Crippen molar-refractivity contribution < 1.29 is 9.53 Å². The molecule has 1 amide bonds. The molecule has 0 atom stereocenters. The van der Waals surface area contributed by atoms with Crippen LogP contribution in [0, 0.1) is 0 Å². The van der Waals surface area contributed by atoms with Crippen molar-refractivity contribution in [1.82, 2.24) is 19.7 Å². The van der Waals surface area contributed by atoms with Gasteiger partial charge in [-0.3, -0.25) is 4.79 Å². The Morgan fingerprint density at radius 1 is 1.15 bits per heavy atom. The number of rotatable bonds is 7. The lowest BCUT2D eigenvalue weighted by Gasteiger charge is -2.18. The number of carbonyl (C=O) groups is 1. The number of benzene rings is 2. The van der Waals surface area contributed by atoms with Gasteiger partial charge < -0.3 is 9.64 Å². The van der Waals surface area contributed by atoms with E-state index in [1.54, 1.807) is 30.1 Å². The highest BCUT2D eigenvalue weighted by molar-refractivity contribution is 7.99. The molecule has 3 aromatic rings. The molecule has 7 heteroatoms. The molecule has 0 aliphatic rings. The number of amides is 1. The van der Waals surface area contributed by atoms with Crippen LogP contribution in [0.25, 0.3) is 5.69 Å². The Hall–Kier alpha value is -2.80. The first kappa shape index (κ1) is 18.0. The largest absolute Gasteiger partial charge is 0.496 e. The molecule has 1 aromatic heterocycles. The third kappa shape index (κ3) is 4.43. The number of para-hydroxylation sites is 2. The van der Waals surface area contributed by atoms with Crippen LogP contribution in [0.2, 0.25) is 0 Å². The number of hydrogen-bond donors (Lipinski definition) is 0. The van der Waals surface area contributed by atoms with Gasteiger partial charge in [-0.05, 0) is 18.2 Å². The van der Waals surface area contributed by atoms with Crippen LogP contribution >= 0.6 is 11.8 Å². The van der Waals surface area contributed by atoms with Gasteiger partial charge in [-0.25, -0.2) is 9.67 Å². The molecule has 0 N–H and O–H groups in total. The van der Waals surface area contributed by atoms with Gasteiger partial charge in [0, 0.05) is 19.2 Å². The van der Waals surface area contributed by atoms with Gasteiger partial charge in [0.05, 0.1) is 18.6 Å². The molecule has 0 saturated carbocycles. The van der Waals surface area contributed by atoms with Crippen molar-refractivity contribution in [2.24, 2.45) is 0 Å². The van der Waals surface area contributed by atoms with E-state index in [4.69, 9.17) is 4.74 Å². The van der Waals surface area contributed by atoms with Crippen LogP contribution in [0.15, 0.2) is 66.1 Å². The molecule has 0 unspecified atom stereocenters. The van der Waals surface area contributed by atoms with Crippen molar-refractivity contribution in [1.29, 1.82) is 0 Å². The molecule has 1 heterocycles. The Bertz CT molecular complexity index is 867. The second kappa shape index (κ2) is 8.53. The highest BCUT2D eigenvalue weighted by Gasteiger charge is 2.13. The third-order valence-corrected chi connectivity index (χ3v) is 4.68. The van der Waals surface area contributed by atoms with Crippen LogP contribution in [0.4, 0.5) is 0 Å². The number of ether oxygens (including phenoxy) is 1. The van der Waals surface area contributed by atoms with Gasteiger partial charge in [-0.15, -0.1) is 5.10 Å². The normalized spacial score (nSPS) is 10.5. The maximum absolute atomic E-state index is 12.4. The Labute approximate surface area is 156 Å². The fourth-order valence-electron chi connectivity index (χ4n) is 2.43. The molecule has 0 bridgehead atoms. The monoisotopic (exact) mass is 368 g/mol. The lowest BCUT2D eigenvalue weighted by Crippen LogP contribution is -2.28. The van der Waals surface area contributed by atoms with Gasteiger partial charge in [0.1, 0.15) is 12.1 Å². The molecule has 0 aliphatic carbocycles. The number of hydrogen-bond acceptors (Lipinski definition) is 5. The van der Waals surface area contributed by atoms with Crippen molar-refractivity contribution in [3.63, 3.8) is 0 Å². The van der Waals surface area contributed by atoms with E-state index in [9.17, 15) is 4.79 Å². The van der Waals surface area contributed by atoms with E-state index in [0.717, 1.165) is 17.0 Å². The molecular weight excluding hydrogens is 348 g/mol. The minimum Gasteiger partial charge on any atom is -0.496 e. The van der Waals surface area contributed by atoms with E-state index >= 15 is 0 Å². The molecule has 0 radical (unpaired) electrons. The summed E-state index contributed by atoms with van der Waals surface area (Å²) in [6, 6.07) is 17.4. The predicted octanol–water partition coefficient (Wildman–Crippen LogP) is 3.03. The average Bonchev–Trinajstić information content (AvgIpc) is 3.16. The van der Waals surface area contributed by atoms with E-state index in [0.29, 0.717) is 11.7 Å². The maximum atomic E-state index is 12.4. The fraction of sp³-hybridized carbons (Fsp3) is 0.211. The maximum Gasteiger partial charge on any atom is 0.233 e. The van der Waals surface area contributed by atoms with Crippen LogP contribution < -0.4 is 4.74 Å². The summed E-state index contributed by atoms with van der Waals surface area (Å²) in [5.74, 6) is 1.07. The summed E-state index contributed by atoms with van der Waals surface area (Å²) >= 11 is 1.33. The molecule has 2 aromatic carbocycles.